The SMILES string of the molecule is Cc1ccc(S(=O)(=O)NC(CC(C)C)c2nnc(NS(=O)(=O)c3ccc(Br)cc3)s2)cc1. The zero-order chi connectivity index (χ0) is 23.5. The average Bonchev–Trinajstić information content (AvgIpc) is 3.15. The van der Waals surface area contributed by atoms with E-state index in [4.69, 9.17) is 0 Å². The molecule has 8 nitrogen and oxygen atoms in total. The Morgan fingerprint density at radius 2 is 1.47 bits per heavy atom. The molecule has 172 valence electrons. The van der Waals surface area contributed by atoms with Gasteiger partial charge in [-0.1, -0.05) is 58.8 Å². The van der Waals surface area contributed by atoms with E-state index in [2.05, 4.69) is 35.6 Å². The third-order valence-corrected chi connectivity index (χ3v) is 8.87. The van der Waals surface area contributed by atoms with Gasteiger partial charge >= 0.3 is 0 Å². The van der Waals surface area contributed by atoms with Gasteiger partial charge in [0, 0.05) is 4.47 Å². The fourth-order valence-corrected chi connectivity index (χ4v) is 6.44. The Kier molecular flexibility index (Phi) is 7.71. The summed E-state index contributed by atoms with van der Waals surface area (Å²) in [6.45, 7) is 5.81. The van der Waals surface area contributed by atoms with Gasteiger partial charge in [0.25, 0.3) is 10.0 Å². The molecule has 1 atom stereocenters. The average molecular weight is 560 g/mol. The maximum absolute atomic E-state index is 12.9. The Morgan fingerprint density at radius 1 is 0.906 bits per heavy atom. The number of benzene rings is 2. The molecule has 1 aromatic heterocycles. The number of nitrogens with zero attached hydrogens (tertiary/aromatic N) is 2. The number of hydrogen-bond donors (Lipinski definition) is 2. The summed E-state index contributed by atoms with van der Waals surface area (Å²) in [6.07, 6.45) is 0.471. The summed E-state index contributed by atoms with van der Waals surface area (Å²) in [4.78, 5) is 0.230. The summed E-state index contributed by atoms with van der Waals surface area (Å²) in [6, 6.07) is 12.1. The Morgan fingerprint density at radius 3 is 2.06 bits per heavy atom. The predicted octanol–water partition coefficient (Wildman–Crippen LogP) is 4.48. The molecule has 0 fully saturated rings. The van der Waals surface area contributed by atoms with Crippen LogP contribution in [0.3, 0.4) is 0 Å². The van der Waals surface area contributed by atoms with Crippen molar-refractivity contribution < 1.29 is 16.8 Å². The summed E-state index contributed by atoms with van der Waals surface area (Å²) in [7, 11) is -7.65. The van der Waals surface area contributed by atoms with E-state index < -0.39 is 26.1 Å². The Bertz CT molecular complexity index is 1270. The van der Waals surface area contributed by atoms with Gasteiger partial charge in [-0.2, -0.15) is 0 Å². The zero-order valence-corrected chi connectivity index (χ0v) is 21.6. The summed E-state index contributed by atoms with van der Waals surface area (Å²) in [5, 5.41) is 8.42. The van der Waals surface area contributed by atoms with Crippen LogP contribution in [0, 0.1) is 12.8 Å². The van der Waals surface area contributed by atoms with Crippen molar-refractivity contribution in [3.8, 4) is 0 Å². The van der Waals surface area contributed by atoms with Crippen molar-refractivity contribution in [2.24, 2.45) is 5.92 Å². The standard InChI is InChI=1S/C20H23BrN4O4S3/c1-13(2)12-18(24-31(26,27)16-8-4-14(3)5-9-16)19-22-23-20(30-19)25-32(28,29)17-10-6-15(21)7-11-17/h4-11,13,18,24H,12H2,1-3H3,(H,23,25). The first-order valence-electron chi connectivity index (χ1n) is 9.67. The first-order valence-corrected chi connectivity index (χ1v) is 14.2. The second-order valence-electron chi connectivity index (χ2n) is 7.62. The van der Waals surface area contributed by atoms with Crippen LogP contribution in [-0.2, 0) is 20.0 Å². The summed E-state index contributed by atoms with van der Waals surface area (Å²) < 4.78 is 56.9. The molecule has 2 N–H and O–H groups in total. The molecule has 1 heterocycles. The molecule has 12 heteroatoms. The van der Waals surface area contributed by atoms with E-state index >= 15 is 0 Å². The third-order valence-electron chi connectivity index (χ3n) is 4.42. The molecular formula is C20H23BrN4O4S3. The molecule has 0 bridgehead atoms. The van der Waals surface area contributed by atoms with Gasteiger partial charge in [-0.05, 0) is 55.7 Å². The number of anilines is 1. The highest BCUT2D eigenvalue weighted by atomic mass is 79.9. The molecule has 0 spiro atoms. The van der Waals surface area contributed by atoms with Gasteiger partial charge in [0.15, 0.2) is 0 Å². The van der Waals surface area contributed by atoms with Gasteiger partial charge in [0.05, 0.1) is 15.8 Å². The molecule has 2 aromatic carbocycles. The van der Waals surface area contributed by atoms with Crippen LogP contribution in [0.4, 0.5) is 5.13 Å². The van der Waals surface area contributed by atoms with Gasteiger partial charge < -0.3 is 0 Å². The molecule has 0 amide bonds. The maximum Gasteiger partial charge on any atom is 0.263 e. The van der Waals surface area contributed by atoms with Crippen LogP contribution in [0.1, 0.15) is 36.9 Å². The fraction of sp³-hybridized carbons (Fsp3) is 0.300. The second-order valence-corrected chi connectivity index (χ2v) is 12.9. The number of rotatable bonds is 9. The van der Waals surface area contributed by atoms with E-state index in [9.17, 15) is 16.8 Å². The lowest BCUT2D eigenvalue weighted by Gasteiger charge is -2.18. The first kappa shape index (κ1) is 24.8. The summed E-state index contributed by atoms with van der Waals surface area (Å²) in [5.41, 5.74) is 0.953. The molecule has 0 aliphatic carbocycles. The van der Waals surface area contributed by atoms with Crippen molar-refractivity contribution in [2.75, 3.05) is 4.72 Å². The largest absolute Gasteiger partial charge is 0.263 e. The number of hydrogen-bond acceptors (Lipinski definition) is 7. The van der Waals surface area contributed by atoms with Gasteiger partial charge in [-0.25, -0.2) is 21.6 Å². The molecule has 0 saturated carbocycles. The fourth-order valence-electron chi connectivity index (χ4n) is 2.85. The topological polar surface area (TPSA) is 118 Å². The number of aryl methyl sites for hydroxylation is 1. The van der Waals surface area contributed by atoms with E-state index in [0.29, 0.717) is 11.4 Å². The number of nitrogens with one attached hydrogen (secondary N) is 2. The molecule has 3 aromatic rings. The van der Waals surface area contributed by atoms with E-state index in [-0.39, 0.29) is 20.8 Å². The highest BCUT2D eigenvalue weighted by Crippen LogP contribution is 2.29. The van der Waals surface area contributed by atoms with Crippen LogP contribution >= 0.6 is 27.3 Å². The van der Waals surface area contributed by atoms with E-state index in [0.717, 1.165) is 21.4 Å². The quantitative estimate of drug-likeness (QED) is 0.399. The highest BCUT2D eigenvalue weighted by molar-refractivity contribution is 9.10. The molecule has 0 saturated heterocycles. The lowest BCUT2D eigenvalue weighted by molar-refractivity contribution is 0.469. The smallest absolute Gasteiger partial charge is 0.253 e. The monoisotopic (exact) mass is 558 g/mol. The van der Waals surface area contributed by atoms with Crippen LogP contribution < -0.4 is 9.44 Å². The third kappa shape index (κ3) is 6.35. The van der Waals surface area contributed by atoms with Crippen molar-refractivity contribution in [1.82, 2.24) is 14.9 Å². The van der Waals surface area contributed by atoms with Crippen LogP contribution in [0.5, 0.6) is 0 Å². The van der Waals surface area contributed by atoms with Crippen LogP contribution in [-0.4, -0.2) is 27.0 Å². The molecule has 1 unspecified atom stereocenters. The number of halogens is 1. The number of aromatic nitrogens is 2. The van der Waals surface area contributed by atoms with E-state index in [1.807, 2.05) is 20.8 Å². The van der Waals surface area contributed by atoms with Crippen molar-refractivity contribution in [3.05, 3.63) is 63.6 Å². The van der Waals surface area contributed by atoms with Crippen molar-refractivity contribution in [2.45, 2.75) is 43.0 Å². The van der Waals surface area contributed by atoms with Gasteiger partial charge in [-0.15, -0.1) is 10.2 Å². The Balaban J connectivity index is 1.83. The zero-order valence-electron chi connectivity index (χ0n) is 17.6. The lowest BCUT2D eigenvalue weighted by Crippen LogP contribution is -2.29. The van der Waals surface area contributed by atoms with Gasteiger partial charge in [0.2, 0.25) is 15.2 Å². The van der Waals surface area contributed by atoms with Crippen LogP contribution in [0.15, 0.2) is 62.8 Å². The molecule has 0 aliphatic heterocycles. The summed E-state index contributed by atoms with van der Waals surface area (Å²) >= 11 is 4.27. The normalized spacial score (nSPS) is 13.3. The van der Waals surface area contributed by atoms with E-state index in [1.165, 1.54) is 12.1 Å². The van der Waals surface area contributed by atoms with Crippen LogP contribution in [0.2, 0.25) is 0 Å². The predicted molar refractivity (Wildman–Crippen MR) is 129 cm³/mol. The molecule has 0 radical (unpaired) electrons. The molecule has 32 heavy (non-hydrogen) atoms. The first-order chi connectivity index (χ1) is 15.0. The minimum atomic E-state index is -3.85. The summed E-state index contributed by atoms with van der Waals surface area (Å²) in [5.74, 6) is 0.160. The number of sulfonamides is 2. The van der Waals surface area contributed by atoms with Crippen molar-refractivity contribution >= 4 is 52.4 Å². The second kappa shape index (κ2) is 9.96. The van der Waals surface area contributed by atoms with Crippen molar-refractivity contribution in [1.29, 1.82) is 0 Å². The lowest BCUT2D eigenvalue weighted by atomic mass is 10.1. The minimum Gasteiger partial charge on any atom is -0.253 e. The van der Waals surface area contributed by atoms with E-state index in [1.54, 1.807) is 36.4 Å². The van der Waals surface area contributed by atoms with Gasteiger partial charge in [0.1, 0.15) is 5.01 Å². The molecular weight excluding hydrogens is 536 g/mol. The molecule has 3 rings (SSSR count). The highest BCUT2D eigenvalue weighted by Gasteiger charge is 2.26. The van der Waals surface area contributed by atoms with Crippen LogP contribution in [0.25, 0.3) is 0 Å². The Hall–Kier alpha value is -1.86. The van der Waals surface area contributed by atoms with Crippen molar-refractivity contribution in [3.63, 3.8) is 0 Å². The Labute approximate surface area is 200 Å². The van der Waals surface area contributed by atoms with Gasteiger partial charge in [-0.3, -0.25) is 4.72 Å². The minimum absolute atomic E-state index is 0.0613. The molecule has 0 aliphatic rings. The maximum atomic E-state index is 12.9.